The largest absolute Gasteiger partial charge is 0.381 e. The van der Waals surface area contributed by atoms with Crippen LogP contribution in [0.4, 0.5) is 0 Å². The lowest BCUT2D eigenvalue weighted by molar-refractivity contribution is 0.0770. The molecule has 0 radical (unpaired) electrons. The number of halogens is 1. The molecule has 3 unspecified atom stereocenters. The first kappa shape index (κ1) is 13.8. The summed E-state index contributed by atoms with van der Waals surface area (Å²) in [4.78, 5) is 0. The summed E-state index contributed by atoms with van der Waals surface area (Å²) in [5.41, 5.74) is 0.369. The van der Waals surface area contributed by atoms with Gasteiger partial charge in [-0.15, -0.1) is 0 Å². The molecule has 1 aliphatic heterocycles. The van der Waals surface area contributed by atoms with Crippen molar-refractivity contribution < 1.29 is 4.74 Å². The molecule has 0 aromatic carbocycles. The van der Waals surface area contributed by atoms with Crippen molar-refractivity contribution in [3.8, 4) is 0 Å². The third-order valence-corrected chi connectivity index (χ3v) is 5.32. The van der Waals surface area contributed by atoms with Gasteiger partial charge in [0.15, 0.2) is 0 Å². The van der Waals surface area contributed by atoms with Gasteiger partial charge < -0.3 is 10.1 Å². The summed E-state index contributed by atoms with van der Waals surface area (Å²) in [6.45, 7) is 4.27. The maximum Gasteiger partial charge on any atom is 0.0480 e. The second kappa shape index (κ2) is 5.71. The summed E-state index contributed by atoms with van der Waals surface area (Å²) < 4.78 is 6.65. The molecular weight excluding hydrogens is 302 g/mol. The van der Waals surface area contributed by atoms with Gasteiger partial charge in [-0.1, -0.05) is 41.1 Å². The monoisotopic (exact) mass is 325 g/mol. The highest BCUT2D eigenvalue weighted by atomic mass is 79.9. The van der Waals surface area contributed by atoms with Crippen LogP contribution in [-0.2, 0) is 4.74 Å². The molecule has 2 nitrogen and oxygen atoms in total. The third-order valence-electron chi connectivity index (χ3n) is 4.73. The average molecular weight is 326 g/mol. The van der Waals surface area contributed by atoms with Crippen molar-refractivity contribution in [2.45, 2.75) is 51.1 Å². The second-order valence-electron chi connectivity index (χ2n) is 6.64. The molecule has 3 heteroatoms. The summed E-state index contributed by atoms with van der Waals surface area (Å²) in [5.74, 6) is 0.878. The van der Waals surface area contributed by atoms with Gasteiger partial charge in [0.05, 0.1) is 0 Å². The van der Waals surface area contributed by atoms with E-state index in [1.807, 2.05) is 0 Å². The maximum absolute atomic E-state index is 5.42. The first-order valence-corrected chi connectivity index (χ1v) is 8.33. The van der Waals surface area contributed by atoms with Crippen molar-refractivity contribution in [3.63, 3.8) is 0 Å². The molecule has 1 saturated carbocycles. The van der Waals surface area contributed by atoms with E-state index in [9.17, 15) is 0 Å². The van der Waals surface area contributed by atoms with Gasteiger partial charge in [0, 0.05) is 29.8 Å². The van der Waals surface area contributed by atoms with Crippen molar-refractivity contribution in [1.82, 2.24) is 5.32 Å². The fourth-order valence-electron chi connectivity index (χ4n) is 3.34. The van der Waals surface area contributed by atoms with Crippen molar-refractivity contribution in [2.75, 3.05) is 13.2 Å². The molecule has 2 fully saturated rings. The van der Waals surface area contributed by atoms with E-state index in [-0.39, 0.29) is 0 Å². The standard InChI is InChI=1S/C16H24BrNO/c1-16(6-2-13(17)3-7-16)11-12-10-15(12)18-14-4-8-19-9-5-14/h2-3,6,12,14-15,18H,4-5,7-11H2,1H3. The van der Waals surface area contributed by atoms with E-state index in [1.165, 1.54) is 36.6 Å². The molecule has 2 aliphatic carbocycles. The Balaban J connectivity index is 1.44. The predicted octanol–water partition coefficient (Wildman–Crippen LogP) is 3.78. The number of hydrogen-bond donors (Lipinski definition) is 1. The fourth-order valence-corrected chi connectivity index (χ4v) is 3.64. The molecule has 0 aromatic heterocycles. The van der Waals surface area contributed by atoms with Gasteiger partial charge in [0.2, 0.25) is 0 Å². The first-order valence-electron chi connectivity index (χ1n) is 7.53. The Morgan fingerprint density at radius 1 is 1.42 bits per heavy atom. The Kier molecular flexibility index (Phi) is 4.16. The number of rotatable bonds is 4. The molecule has 3 atom stereocenters. The zero-order valence-electron chi connectivity index (χ0n) is 11.7. The number of ether oxygens (including phenoxy) is 1. The van der Waals surface area contributed by atoms with Crippen LogP contribution in [0.15, 0.2) is 22.7 Å². The van der Waals surface area contributed by atoms with Crippen LogP contribution in [0.3, 0.4) is 0 Å². The van der Waals surface area contributed by atoms with E-state index in [4.69, 9.17) is 4.74 Å². The van der Waals surface area contributed by atoms with Crippen LogP contribution in [0, 0.1) is 11.3 Å². The van der Waals surface area contributed by atoms with Crippen molar-refractivity contribution >= 4 is 15.9 Å². The summed E-state index contributed by atoms with van der Waals surface area (Å²) in [7, 11) is 0. The van der Waals surface area contributed by atoms with E-state index in [0.717, 1.165) is 25.2 Å². The van der Waals surface area contributed by atoms with Crippen LogP contribution < -0.4 is 5.32 Å². The minimum atomic E-state index is 0.369. The van der Waals surface area contributed by atoms with Crippen LogP contribution in [0.2, 0.25) is 0 Å². The lowest BCUT2D eigenvalue weighted by Crippen LogP contribution is -2.37. The van der Waals surface area contributed by atoms with E-state index in [1.54, 1.807) is 0 Å². The van der Waals surface area contributed by atoms with Crippen LogP contribution in [-0.4, -0.2) is 25.3 Å². The van der Waals surface area contributed by atoms with Gasteiger partial charge in [-0.2, -0.15) is 0 Å². The van der Waals surface area contributed by atoms with Gasteiger partial charge >= 0.3 is 0 Å². The number of allylic oxidation sites excluding steroid dienone is 4. The minimum Gasteiger partial charge on any atom is -0.381 e. The molecular formula is C16H24BrNO. The summed E-state index contributed by atoms with van der Waals surface area (Å²) in [6.07, 6.45) is 13.2. The van der Waals surface area contributed by atoms with Gasteiger partial charge in [-0.3, -0.25) is 0 Å². The first-order chi connectivity index (χ1) is 9.15. The van der Waals surface area contributed by atoms with Crippen LogP contribution in [0.1, 0.15) is 39.0 Å². The molecule has 106 valence electrons. The fraction of sp³-hybridized carbons (Fsp3) is 0.750. The molecule has 0 amide bonds. The highest BCUT2D eigenvalue weighted by molar-refractivity contribution is 9.11. The van der Waals surface area contributed by atoms with Crippen LogP contribution in [0.25, 0.3) is 0 Å². The van der Waals surface area contributed by atoms with Gasteiger partial charge in [0.25, 0.3) is 0 Å². The summed E-state index contributed by atoms with van der Waals surface area (Å²) in [6, 6.07) is 1.47. The van der Waals surface area contributed by atoms with E-state index >= 15 is 0 Å². The van der Waals surface area contributed by atoms with E-state index in [0.29, 0.717) is 11.5 Å². The van der Waals surface area contributed by atoms with Crippen LogP contribution >= 0.6 is 15.9 Å². The van der Waals surface area contributed by atoms with Crippen molar-refractivity contribution in [3.05, 3.63) is 22.7 Å². The second-order valence-corrected chi connectivity index (χ2v) is 7.56. The maximum atomic E-state index is 5.42. The Morgan fingerprint density at radius 3 is 2.89 bits per heavy atom. The van der Waals surface area contributed by atoms with Gasteiger partial charge in [-0.05, 0) is 43.4 Å². The lowest BCUT2D eigenvalue weighted by Gasteiger charge is -2.28. The summed E-state index contributed by atoms with van der Waals surface area (Å²) >= 11 is 3.55. The molecule has 1 saturated heterocycles. The highest BCUT2D eigenvalue weighted by Gasteiger charge is 2.42. The molecule has 1 heterocycles. The van der Waals surface area contributed by atoms with Gasteiger partial charge in [-0.25, -0.2) is 0 Å². The number of hydrogen-bond acceptors (Lipinski definition) is 2. The zero-order chi connectivity index (χ0) is 13.3. The molecule has 3 aliphatic rings. The average Bonchev–Trinajstić information content (AvgIpc) is 3.12. The normalized spacial score (nSPS) is 39.2. The predicted molar refractivity (Wildman–Crippen MR) is 82.4 cm³/mol. The Bertz CT molecular complexity index is 386. The third kappa shape index (κ3) is 3.71. The van der Waals surface area contributed by atoms with Crippen LogP contribution in [0.5, 0.6) is 0 Å². The SMILES string of the molecule is CC1(CC2CC2NC2CCOCC2)C=CC(Br)=CC1. The van der Waals surface area contributed by atoms with Crippen molar-refractivity contribution in [1.29, 1.82) is 0 Å². The molecule has 0 spiro atoms. The molecule has 3 rings (SSSR count). The Morgan fingerprint density at radius 2 is 2.21 bits per heavy atom. The summed E-state index contributed by atoms with van der Waals surface area (Å²) in [5, 5.41) is 3.83. The highest BCUT2D eigenvalue weighted by Crippen LogP contribution is 2.45. The number of nitrogens with one attached hydrogen (secondary N) is 1. The van der Waals surface area contributed by atoms with E-state index < -0.39 is 0 Å². The Labute approximate surface area is 124 Å². The minimum absolute atomic E-state index is 0.369. The van der Waals surface area contributed by atoms with Crippen molar-refractivity contribution in [2.24, 2.45) is 11.3 Å². The smallest absolute Gasteiger partial charge is 0.0480 e. The Hall–Kier alpha value is -0.120. The van der Waals surface area contributed by atoms with Gasteiger partial charge in [0.1, 0.15) is 0 Å². The molecule has 0 aromatic rings. The topological polar surface area (TPSA) is 21.3 Å². The molecule has 19 heavy (non-hydrogen) atoms. The zero-order valence-corrected chi connectivity index (χ0v) is 13.3. The molecule has 1 N–H and O–H groups in total. The lowest BCUT2D eigenvalue weighted by atomic mass is 9.79. The quantitative estimate of drug-likeness (QED) is 0.849. The van der Waals surface area contributed by atoms with E-state index in [2.05, 4.69) is 46.4 Å². The molecule has 0 bridgehead atoms.